The summed E-state index contributed by atoms with van der Waals surface area (Å²) in [6, 6.07) is 12.6. The van der Waals surface area contributed by atoms with Gasteiger partial charge in [-0.1, -0.05) is 24.3 Å². The van der Waals surface area contributed by atoms with Crippen molar-refractivity contribution in [1.82, 2.24) is 0 Å². The normalized spacial score (nSPS) is 15.6. The van der Waals surface area contributed by atoms with Crippen molar-refractivity contribution in [2.24, 2.45) is 0 Å². The van der Waals surface area contributed by atoms with E-state index in [4.69, 9.17) is 4.74 Å². The van der Waals surface area contributed by atoms with E-state index in [9.17, 15) is 14.4 Å². The number of amides is 1. The highest BCUT2D eigenvalue weighted by Crippen LogP contribution is 2.32. The number of nitrogens with one attached hydrogen (secondary N) is 1. The zero-order valence-electron chi connectivity index (χ0n) is 14.6. The number of aryl methyl sites for hydroxylation is 1. The lowest BCUT2D eigenvalue weighted by Gasteiger charge is -2.06. The van der Waals surface area contributed by atoms with Crippen LogP contribution in [0.4, 0.5) is 5.69 Å². The molecule has 0 unspecified atom stereocenters. The Bertz CT molecular complexity index is 914. The lowest BCUT2D eigenvalue weighted by molar-refractivity contribution is -0.136. The molecule has 132 valence electrons. The van der Waals surface area contributed by atoms with Gasteiger partial charge in [-0.2, -0.15) is 0 Å². The number of hydrogen-bond donors (Lipinski definition) is 1. The fourth-order valence-corrected chi connectivity index (χ4v) is 2.79. The number of esters is 1. The first kappa shape index (κ1) is 17.6. The van der Waals surface area contributed by atoms with Crippen LogP contribution in [0.3, 0.4) is 0 Å². The zero-order valence-corrected chi connectivity index (χ0v) is 14.6. The van der Waals surface area contributed by atoms with Crippen molar-refractivity contribution < 1.29 is 19.1 Å². The van der Waals surface area contributed by atoms with Gasteiger partial charge < -0.3 is 10.1 Å². The lowest BCUT2D eigenvalue weighted by atomic mass is 9.99. The number of rotatable bonds is 5. The van der Waals surface area contributed by atoms with E-state index in [-0.39, 0.29) is 24.2 Å². The Hall–Kier alpha value is -3.21. The van der Waals surface area contributed by atoms with Crippen LogP contribution in [0.2, 0.25) is 0 Å². The zero-order chi connectivity index (χ0) is 18.7. The predicted molar refractivity (Wildman–Crippen MR) is 99.0 cm³/mol. The van der Waals surface area contributed by atoms with Crippen molar-refractivity contribution >= 4 is 29.4 Å². The molecule has 0 saturated carbocycles. The molecule has 1 N–H and O–H groups in total. The average Bonchev–Trinajstić information content (AvgIpc) is 2.92. The first-order valence-electron chi connectivity index (χ1n) is 8.34. The molecule has 0 spiro atoms. The van der Waals surface area contributed by atoms with Gasteiger partial charge in [0.15, 0.2) is 12.4 Å². The third-order valence-electron chi connectivity index (χ3n) is 4.42. The highest BCUT2D eigenvalue weighted by atomic mass is 16.5. The van der Waals surface area contributed by atoms with Crippen LogP contribution in [-0.2, 0) is 14.3 Å². The van der Waals surface area contributed by atoms with Gasteiger partial charge >= 0.3 is 5.97 Å². The number of carbonyl (C=O) groups is 3. The molecule has 26 heavy (non-hydrogen) atoms. The number of anilines is 1. The van der Waals surface area contributed by atoms with Gasteiger partial charge in [-0.25, -0.2) is 4.79 Å². The quantitative estimate of drug-likeness (QED) is 0.509. The molecule has 1 atom stereocenters. The van der Waals surface area contributed by atoms with Gasteiger partial charge in [0.1, 0.15) is 0 Å². The van der Waals surface area contributed by atoms with Crippen LogP contribution in [0.15, 0.2) is 48.5 Å². The minimum Gasteiger partial charge on any atom is -0.454 e. The lowest BCUT2D eigenvalue weighted by Crippen LogP contribution is -2.13. The Kier molecular flexibility index (Phi) is 4.98. The van der Waals surface area contributed by atoms with Crippen molar-refractivity contribution in [2.45, 2.75) is 19.8 Å². The van der Waals surface area contributed by atoms with E-state index in [1.165, 1.54) is 6.08 Å². The molecule has 0 fully saturated rings. The van der Waals surface area contributed by atoms with Crippen LogP contribution in [-0.4, -0.2) is 24.3 Å². The van der Waals surface area contributed by atoms with Crippen LogP contribution < -0.4 is 5.32 Å². The maximum atomic E-state index is 12.3. The molecule has 0 saturated heterocycles. The van der Waals surface area contributed by atoms with E-state index in [0.29, 0.717) is 5.56 Å². The third-order valence-corrected chi connectivity index (χ3v) is 4.42. The molecule has 1 aliphatic rings. The molecule has 0 radical (unpaired) electrons. The molecule has 5 nitrogen and oxygen atoms in total. The summed E-state index contributed by atoms with van der Waals surface area (Å²) < 4.78 is 5.03. The molecule has 0 aromatic heterocycles. The van der Waals surface area contributed by atoms with E-state index in [1.54, 1.807) is 31.2 Å². The van der Waals surface area contributed by atoms with Gasteiger partial charge in [-0.15, -0.1) is 0 Å². The number of carbonyl (C=O) groups excluding carboxylic acids is 3. The molecule has 5 heteroatoms. The number of hydrogen-bond acceptors (Lipinski definition) is 4. The van der Waals surface area contributed by atoms with Crippen LogP contribution >= 0.6 is 0 Å². The van der Waals surface area contributed by atoms with Crippen molar-refractivity contribution in [1.29, 1.82) is 0 Å². The molecule has 2 aromatic carbocycles. The van der Waals surface area contributed by atoms with Gasteiger partial charge in [0, 0.05) is 17.3 Å². The van der Waals surface area contributed by atoms with Gasteiger partial charge in [-0.05, 0) is 54.8 Å². The second-order valence-electron chi connectivity index (χ2n) is 6.23. The summed E-state index contributed by atoms with van der Waals surface area (Å²) >= 11 is 0. The largest absolute Gasteiger partial charge is 0.454 e. The second kappa shape index (κ2) is 7.35. The van der Waals surface area contributed by atoms with E-state index < -0.39 is 5.97 Å². The SMILES string of the molecule is Cc1ccccc1/C=C/C(=O)OCC(=O)c1ccc2c(c1)[C@@H](C)C(=O)N2. The number of ether oxygens (including phenoxy) is 1. The summed E-state index contributed by atoms with van der Waals surface area (Å²) in [5, 5.41) is 2.76. The van der Waals surface area contributed by atoms with Gasteiger partial charge in [0.2, 0.25) is 5.91 Å². The molecule has 1 heterocycles. The van der Waals surface area contributed by atoms with Crippen molar-refractivity contribution in [2.75, 3.05) is 11.9 Å². The van der Waals surface area contributed by atoms with Crippen molar-refractivity contribution in [3.05, 3.63) is 70.8 Å². The Labute approximate surface area is 151 Å². The minimum atomic E-state index is -0.576. The summed E-state index contributed by atoms with van der Waals surface area (Å²) in [5.41, 5.74) is 3.88. The Balaban J connectivity index is 1.60. The van der Waals surface area contributed by atoms with Gasteiger partial charge in [-0.3, -0.25) is 9.59 Å². The molecule has 2 aromatic rings. The third kappa shape index (κ3) is 3.72. The van der Waals surface area contributed by atoms with Gasteiger partial charge in [0.25, 0.3) is 0 Å². The Morgan fingerprint density at radius 1 is 1.19 bits per heavy atom. The molecule has 1 amide bonds. The molecule has 1 aliphatic heterocycles. The molecular weight excluding hydrogens is 330 g/mol. The predicted octanol–water partition coefficient (Wildman–Crippen LogP) is 3.49. The minimum absolute atomic E-state index is 0.0858. The topological polar surface area (TPSA) is 72.5 Å². The maximum absolute atomic E-state index is 12.3. The van der Waals surface area contributed by atoms with Crippen LogP contribution in [0.1, 0.15) is 39.9 Å². The van der Waals surface area contributed by atoms with Crippen LogP contribution in [0.25, 0.3) is 6.08 Å². The second-order valence-corrected chi connectivity index (χ2v) is 6.23. The first-order chi connectivity index (χ1) is 12.5. The number of fused-ring (bicyclic) bond motifs is 1. The number of benzene rings is 2. The summed E-state index contributed by atoms with van der Waals surface area (Å²) in [6.07, 6.45) is 2.97. The Morgan fingerprint density at radius 3 is 2.73 bits per heavy atom. The summed E-state index contributed by atoms with van der Waals surface area (Å²) in [6.45, 7) is 3.39. The van der Waals surface area contributed by atoms with E-state index in [1.807, 2.05) is 31.2 Å². The van der Waals surface area contributed by atoms with E-state index in [2.05, 4.69) is 5.32 Å². The summed E-state index contributed by atoms with van der Waals surface area (Å²) in [5.74, 6) is -1.26. The highest BCUT2D eigenvalue weighted by Gasteiger charge is 2.27. The summed E-state index contributed by atoms with van der Waals surface area (Å²) in [7, 11) is 0. The smallest absolute Gasteiger partial charge is 0.331 e. The van der Waals surface area contributed by atoms with E-state index in [0.717, 1.165) is 22.4 Å². The fourth-order valence-electron chi connectivity index (χ4n) is 2.79. The monoisotopic (exact) mass is 349 g/mol. The molecular formula is C21H19NO4. The fraction of sp³-hybridized carbons (Fsp3) is 0.190. The molecule has 0 bridgehead atoms. The average molecular weight is 349 g/mol. The number of ketones is 1. The van der Waals surface area contributed by atoms with Crippen molar-refractivity contribution in [3.8, 4) is 0 Å². The molecule has 0 aliphatic carbocycles. The van der Waals surface area contributed by atoms with Crippen molar-refractivity contribution in [3.63, 3.8) is 0 Å². The highest BCUT2D eigenvalue weighted by molar-refractivity contribution is 6.05. The molecule has 3 rings (SSSR count). The van der Waals surface area contributed by atoms with Gasteiger partial charge in [0.05, 0.1) is 5.92 Å². The Morgan fingerprint density at radius 2 is 1.96 bits per heavy atom. The summed E-state index contributed by atoms with van der Waals surface area (Å²) in [4.78, 5) is 35.8. The standard InChI is InChI=1S/C21H19NO4/c1-13-5-3-4-6-15(13)8-10-20(24)26-12-19(23)16-7-9-18-17(11-16)14(2)21(25)22-18/h3-11,14H,12H2,1-2H3,(H,22,25)/b10-8+/t14-/m1/s1. The van der Waals surface area contributed by atoms with Crippen LogP contribution in [0, 0.1) is 6.92 Å². The number of Topliss-reactive ketones (excluding diaryl/α,β-unsaturated/α-hetero) is 1. The van der Waals surface area contributed by atoms with Crippen LogP contribution in [0.5, 0.6) is 0 Å². The van der Waals surface area contributed by atoms with E-state index >= 15 is 0 Å². The maximum Gasteiger partial charge on any atom is 0.331 e. The first-order valence-corrected chi connectivity index (χ1v) is 8.34.